The minimum absolute atomic E-state index is 0.0932. The highest BCUT2D eigenvalue weighted by molar-refractivity contribution is 6.04. The summed E-state index contributed by atoms with van der Waals surface area (Å²) >= 11 is 0. The van der Waals surface area contributed by atoms with Crippen molar-refractivity contribution >= 4 is 22.5 Å². The van der Waals surface area contributed by atoms with E-state index in [0.717, 1.165) is 12.8 Å². The predicted molar refractivity (Wildman–Crippen MR) is 90.9 cm³/mol. The number of hydrogen-bond donors (Lipinski definition) is 2. The molecule has 0 aliphatic heterocycles. The molecule has 3 rings (SSSR count). The quantitative estimate of drug-likeness (QED) is 0.754. The number of nitrogens with two attached hydrogens (primary N) is 2. The molecule has 0 saturated carbocycles. The number of nitrogen functional groups attached to an aromatic ring is 1. The molecule has 2 aromatic carbocycles. The highest BCUT2D eigenvalue weighted by Crippen LogP contribution is 2.27. The van der Waals surface area contributed by atoms with E-state index in [4.69, 9.17) is 11.5 Å². The van der Waals surface area contributed by atoms with E-state index < -0.39 is 5.91 Å². The van der Waals surface area contributed by atoms with Crippen LogP contribution in [0.1, 0.15) is 28.0 Å². The molecule has 0 aliphatic carbocycles. The Kier molecular flexibility index (Phi) is 4.37. The molecule has 0 bridgehead atoms. The fraction of sp³-hybridized carbons (Fsp3) is 0.167. The number of fused-ring (bicyclic) bond motifs is 1. The lowest BCUT2D eigenvalue weighted by atomic mass is 10.0. The fourth-order valence-electron chi connectivity index (χ4n) is 2.76. The number of aryl methyl sites for hydroxylation is 2. The Hall–Kier alpha value is -3.02. The lowest BCUT2D eigenvalue weighted by Crippen LogP contribution is -2.17. The van der Waals surface area contributed by atoms with Gasteiger partial charge in [0.15, 0.2) is 5.69 Å². The second-order valence-corrected chi connectivity index (χ2v) is 5.59. The summed E-state index contributed by atoms with van der Waals surface area (Å²) in [5.41, 5.74) is 13.2. The zero-order chi connectivity index (χ0) is 17.1. The molecule has 5 nitrogen and oxygen atoms in total. The Morgan fingerprint density at radius 2 is 1.79 bits per heavy atom. The molecule has 6 heteroatoms. The summed E-state index contributed by atoms with van der Waals surface area (Å²) in [6.45, 7) is 0. The number of aromatic nitrogens is 2. The summed E-state index contributed by atoms with van der Waals surface area (Å²) in [7, 11) is 0. The normalized spacial score (nSPS) is 10.9. The molecule has 3 aromatic rings. The number of carbonyl (C=O) groups is 1. The van der Waals surface area contributed by atoms with E-state index in [1.165, 1.54) is 17.7 Å². The topological polar surface area (TPSA) is 94.9 Å². The van der Waals surface area contributed by atoms with Crippen LogP contribution in [0.2, 0.25) is 0 Å². The van der Waals surface area contributed by atoms with Gasteiger partial charge in [0.05, 0.1) is 5.69 Å². The van der Waals surface area contributed by atoms with Crippen molar-refractivity contribution in [2.75, 3.05) is 5.73 Å². The molecule has 122 valence electrons. The van der Waals surface area contributed by atoms with Gasteiger partial charge in [-0.2, -0.15) is 0 Å². The van der Waals surface area contributed by atoms with Crippen LogP contribution in [0.4, 0.5) is 10.1 Å². The Balaban J connectivity index is 1.91. The van der Waals surface area contributed by atoms with Crippen LogP contribution in [-0.2, 0) is 12.8 Å². The van der Waals surface area contributed by atoms with Crippen LogP contribution in [-0.4, -0.2) is 16.1 Å². The number of rotatable bonds is 5. The predicted octanol–water partition coefficient (Wildman–Crippen LogP) is 2.63. The van der Waals surface area contributed by atoms with E-state index in [1.807, 2.05) is 30.3 Å². The maximum absolute atomic E-state index is 14.2. The lowest BCUT2D eigenvalue weighted by molar-refractivity contribution is 0.0996. The second-order valence-electron chi connectivity index (χ2n) is 5.59. The molecule has 4 N–H and O–H groups in total. The van der Waals surface area contributed by atoms with Gasteiger partial charge < -0.3 is 11.5 Å². The highest BCUT2D eigenvalue weighted by Gasteiger charge is 2.16. The van der Waals surface area contributed by atoms with Crippen LogP contribution in [0.15, 0.2) is 42.5 Å². The van der Waals surface area contributed by atoms with Gasteiger partial charge in [-0.05, 0) is 37.0 Å². The van der Waals surface area contributed by atoms with Gasteiger partial charge in [0.25, 0.3) is 5.91 Å². The van der Waals surface area contributed by atoms with Crippen molar-refractivity contribution in [1.82, 2.24) is 10.2 Å². The van der Waals surface area contributed by atoms with Crippen molar-refractivity contribution in [3.63, 3.8) is 0 Å². The molecule has 0 spiro atoms. The van der Waals surface area contributed by atoms with Crippen molar-refractivity contribution in [1.29, 1.82) is 0 Å². The Morgan fingerprint density at radius 1 is 1.04 bits per heavy atom. The molecule has 1 aromatic heterocycles. The third-order valence-corrected chi connectivity index (χ3v) is 3.99. The number of anilines is 1. The molecule has 1 heterocycles. The Labute approximate surface area is 138 Å². The average molecular weight is 324 g/mol. The molecule has 1 amide bonds. The van der Waals surface area contributed by atoms with Crippen molar-refractivity contribution in [2.24, 2.45) is 5.73 Å². The minimum atomic E-state index is -0.753. The van der Waals surface area contributed by atoms with Gasteiger partial charge in [-0.1, -0.05) is 30.3 Å². The molecule has 0 fully saturated rings. The van der Waals surface area contributed by atoms with Crippen LogP contribution in [0, 0.1) is 5.82 Å². The number of benzene rings is 2. The standard InChI is InChI=1S/C18H17FN4O/c19-14-10-9-13-15(20)17(18(21)24)23-22-16(13)12(14)8-4-7-11-5-2-1-3-6-11/h1-3,5-6,9-10H,4,7-8H2,(H2,20,22)(H2,21,24). The van der Waals surface area contributed by atoms with Gasteiger partial charge in [0.2, 0.25) is 0 Å². The smallest absolute Gasteiger partial charge is 0.271 e. The third kappa shape index (κ3) is 3.03. The zero-order valence-electron chi connectivity index (χ0n) is 13.0. The van der Waals surface area contributed by atoms with Crippen LogP contribution in [0.25, 0.3) is 10.9 Å². The van der Waals surface area contributed by atoms with E-state index in [1.54, 1.807) is 0 Å². The number of halogens is 1. The second kappa shape index (κ2) is 6.62. The summed E-state index contributed by atoms with van der Waals surface area (Å²) in [5.74, 6) is -1.10. The van der Waals surface area contributed by atoms with Gasteiger partial charge in [-0.3, -0.25) is 4.79 Å². The Bertz CT molecular complexity index is 896. The molecule has 0 saturated heterocycles. The third-order valence-electron chi connectivity index (χ3n) is 3.99. The first-order valence-electron chi connectivity index (χ1n) is 7.65. The van der Waals surface area contributed by atoms with Crippen LogP contribution >= 0.6 is 0 Å². The monoisotopic (exact) mass is 324 g/mol. The molecule has 0 unspecified atom stereocenters. The minimum Gasteiger partial charge on any atom is -0.396 e. The van der Waals surface area contributed by atoms with E-state index in [0.29, 0.717) is 22.9 Å². The molecule has 0 aliphatic rings. The highest BCUT2D eigenvalue weighted by atomic mass is 19.1. The van der Waals surface area contributed by atoms with Crippen molar-refractivity contribution in [3.05, 3.63) is 65.1 Å². The lowest BCUT2D eigenvalue weighted by Gasteiger charge is -2.10. The maximum Gasteiger partial charge on any atom is 0.271 e. The molecule has 24 heavy (non-hydrogen) atoms. The van der Waals surface area contributed by atoms with Gasteiger partial charge in [0.1, 0.15) is 11.3 Å². The fourth-order valence-corrected chi connectivity index (χ4v) is 2.76. The number of primary amides is 1. The first-order chi connectivity index (χ1) is 11.6. The van der Waals surface area contributed by atoms with Gasteiger partial charge >= 0.3 is 0 Å². The molecular formula is C18H17FN4O. The summed E-state index contributed by atoms with van der Waals surface area (Å²) < 4.78 is 14.2. The van der Waals surface area contributed by atoms with Crippen molar-refractivity contribution < 1.29 is 9.18 Å². The Morgan fingerprint density at radius 3 is 2.50 bits per heavy atom. The summed E-state index contributed by atoms with van der Waals surface area (Å²) in [6, 6.07) is 12.8. The summed E-state index contributed by atoms with van der Waals surface area (Å²) in [5, 5.41) is 8.23. The van der Waals surface area contributed by atoms with E-state index >= 15 is 0 Å². The van der Waals surface area contributed by atoms with Crippen LogP contribution < -0.4 is 11.5 Å². The number of amides is 1. The SMILES string of the molecule is NC(=O)c1nnc2c(CCCc3ccccc3)c(F)ccc2c1N. The average Bonchev–Trinajstić information content (AvgIpc) is 2.57. The molecule has 0 atom stereocenters. The molecule has 0 radical (unpaired) electrons. The summed E-state index contributed by atoms with van der Waals surface area (Å²) in [6.07, 6.45) is 2.10. The van der Waals surface area contributed by atoms with Crippen molar-refractivity contribution in [2.45, 2.75) is 19.3 Å². The van der Waals surface area contributed by atoms with E-state index in [2.05, 4.69) is 10.2 Å². The van der Waals surface area contributed by atoms with Crippen LogP contribution in [0.5, 0.6) is 0 Å². The van der Waals surface area contributed by atoms with Gasteiger partial charge in [0, 0.05) is 10.9 Å². The van der Waals surface area contributed by atoms with E-state index in [9.17, 15) is 9.18 Å². The first kappa shape index (κ1) is 15.9. The van der Waals surface area contributed by atoms with E-state index in [-0.39, 0.29) is 17.2 Å². The number of hydrogen-bond acceptors (Lipinski definition) is 4. The van der Waals surface area contributed by atoms with Gasteiger partial charge in [-0.25, -0.2) is 4.39 Å². The maximum atomic E-state index is 14.2. The van der Waals surface area contributed by atoms with Crippen molar-refractivity contribution in [3.8, 4) is 0 Å². The zero-order valence-corrected chi connectivity index (χ0v) is 13.0. The van der Waals surface area contributed by atoms with Crippen LogP contribution in [0.3, 0.4) is 0 Å². The van der Waals surface area contributed by atoms with Gasteiger partial charge in [-0.15, -0.1) is 10.2 Å². The molecular weight excluding hydrogens is 307 g/mol. The summed E-state index contributed by atoms with van der Waals surface area (Å²) in [4.78, 5) is 11.3. The largest absolute Gasteiger partial charge is 0.396 e. The number of nitrogens with zero attached hydrogens (tertiary/aromatic N) is 2. The number of carbonyl (C=O) groups excluding carboxylic acids is 1. The first-order valence-corrected chi connectivity index (χ1v) is 7.65.